The lowest BCUT2D eigenvalue weighted by atomic mass is 9.58. The molecule has 0 spiro atoms. The van der Waals surface area contributed by atoms with Crippen molar-refractivity contribution in [3.8, 4) is 0 Å². The van der Waals surface area contributed by atoms with E-state index in [4.69, 9.17) is 8.85 Å². The Bertz CT molecular complexity index is 1350. The molecule has 2 N–H and O–H groups in total. The van der Waals surface area contributed by atoms with Crippen molar-refractivity contribution in [1.82, 2.24) is 4.98 Å². The minimum Gasteiger partial charge on any atom is -0.481 e. The van der Waals surface area contributed by atoms with Crippen LogP contribution < -0.4 is 0 Å². The molecule has 0 unspecified atom stereocenters. The predicted molar refractivity (Wildman–Crippen MR) is 215 cm³/mol. The zero-order chi connectivity index (χ0) is 38.5. The number of thiazole rings is 1. The van der Waals surface area contributed by atoms with Crippen LogP contribution in [0.3, 0.4) is 0 Å². The minimum absolute atomic E-state index is 0.0236. The highest BCUT2D eigenvalue weighted by molar-refractivity contribution is 7.09. The summed E-state index contributed by atoms with van der Waals surface area (Å²) in [6.45, 7) is 32.2. The van der Waals surface area contributed by atoms with E-state index >= 15 is 0 Å². The lowest BCUT2D eigenvalue weighted by Gasteiger charge is -2.52. The Kier molecular flexibility index (Phi) is 15.7. The second kappa shape index (κ2) is 17.6. The first kappa shape index (κ1) is 44.7. The zero-order valence-corrected chi connectivity index (χ0v) is 37.0. The Balaban J connectivity index is 2.27. The molecule has 286 valence electrons. The van der Waals surface area contributed by atoms with Crippen molar-refractivity contribution >= 4 is 45.8 Å². The maximum atomic E-state index is 14.8. The molecule has 1 aromatic heterocycles. The van der Waals surface area contributed by atoms with Gasteiger partial charge in [0.1, 0.15) is 5.78 Å². The number of hydrogen-bond acceptors (Lipinski definition) is 7. The van der Waals surface area contributed by atoms with Gasteiger partial charge in [0.05, 0.1) is 40.8 Å². The molecule has 0 aliphatic heterocycles. The summed E-state index contributed by atoms with van der Waals surface area (Å²) < 4.78 is 14.0. The maximum absolute atomic E-state index is 14.8. The number of carbonyl (C=O) groups is 2. The number of aliphatic hydroxyl groups excluding tert-OH is 1. The number of aromatic nitrogens is 1. The molecule has 0 aromatic carbocycles. The van der Waals surface area contributed by atoms with E-state index in [1.54, 1.807) is 11.3 Å². The summed E-state index contributed by atoms with van der Waals surface area (Å²) in [6, 6.07) is 0. The van der Waals surface area contributed by atoms with Gasteiger partial charge in [-0.25, -0.2) is 4.98 Å². The van der Waals surface area contributed by atoms with E-state index in [1.165, 1.54) is 5.57 Å². The molecule has 1 aliphatic carbocycles. The molecule has 1 fully saturated rings. The molecule has 1 aromatic rings. The first-order valence-electron chi connectivity index (χ1n) is 18.8. The quantitative estimate of drug-likeness (QED) is 0.107. The number of rotatable bonds is 19. The number of Topliss-reactive ketones (excluding diaryl/α,β-unsaturated/α-hetero) is 1. The van der Waals surface area contributed by atoms with Crippen molar-refractivity contribution < 1.29 is 28.7 Å². The first-order chi connectivity index (χ1) is 22.7. The van der Waals surface area contributed by atoms with E-state index in [1.807, 2.05) is 32.2 Å². The molecule has 50 heavy (non-hydrogen) atoms. The van der Waals surface area contributed by atoms with Crippen molar-refractivity contribution in [2.24, 2.45) is 17.3 Å². The third kappa shape index (κ3) is 11.8. The molecule has 2 rings (SSSR count). The molecule has 1 saturated carbocycles. The van der Waals surface area contributed by atoms with Gasteiger partial charge in [-0.1, -0.05) is 73.5 Å². The Labute approximate surface area is 311 Å². The number of hydrogen-bond donors (Lipinski definition) is 2. The highest BCUT2D eigenvalue weighted by atomic mass is 32.1. The number of carbonyl (C=O) groups excluding carboxylic acids is 1. The third-order valence-electron chi connectivity index (χ3n) is 12.1. The van der Waals surface area contributed by atoms with Crippen LogP contribution in [0.4, 0.5) is 0 Å². The van der Waals surface area contributed by atoms with Gasteiger partial charge in [0, 0.05) is 11.3 Å². The summed E-state index contributed by atoms with van der Waals surface area (Å²) in [5.41, 5.74) is 2.24. The van der Waals surface area contributed by atoms with E-state index in [0.29, 0.717) is 19.3 Å². The van der Waals surface area contributed by atoms with E-state index < -0.39 is 40.2 Å². The van der Waals surface area contributed by atoms with Crippen LogP contribution in [0.2, 0.25) is 36.3 Å². The van der Waals surface area contributed by atoms with Crippen LogP contribution in [-0.4, -0.2) is 61.9 Å². The SMILES string of the molecule is C/C(=C\C[C@H](O)/C(C)=C/c1csc(C)n1)CCC[C@H](C)[C@H](O[Si](C)(C)C(C)(C)C)[C@@H](C)C(=O)C1([C@H](CC(=O)O)O[Si](C)(C)C(C)(C)C)CCC1. The van der Waals surface area contributed by atoms with E-state index in [2.05, 4.69) is 92.6 Å². The minimum atomic E-state index is -2.35. The van der Waals surface area contributed by atoms with Gasteiger partial charge in [-0.05, 0) is 113 Å². The summed E-state index contributed by atoms with van der Waals surface area (Å²) in [7, 11) is -4.60. The number of aryl methyl sites for hydroxylation is 1. The van der Waals surface area contributed by atoms with Crippen LogP contribution in [0.25, 0.3) is 6.08 Å². The van der Waals surface area contributed by atoms with Crippen LogP contribution in [0.15, 0.2) is 22.6 Å². The van der Waals surface area contributed by atoms with Gasteiger partial charge in [-0.3, -0.25) is 9.59 Å². The van der Waals surface area contributed by atoms with E-state index in [9.17, 15) is 19.8 Å². The van der Waals surface area contributed by atoms with Gasteiger partial charge in [0.15, 0.2) is 16.6 Å². The van der Waals surface area contributed by atoms with Crippen molar-refractivity contribution in [2.45, 2.75) is 182 Å². The van der Waals surface area contributed by atoms with Gasteiger partial charge in [0.25, 0.3) is 0 Å². The first-order valence-corrected chi connectivity index (χ1v) is 25.5. The lowest BCUT2D eigenvalue weighted by Crippen LogP contribution is -2.58. The second-order valence-electron chi connectivity index (χ2n) is 18.3. The Morgan fingerprint density at radius 2 is 1.58 bits per heavy atom. The fraction of sp³-hybridized carbons (Fsp3) is 0.775. The predicted octanol–water partition coefficient (Wildman–Crippen LogP) is 11.0. The van der Waals surface area contributed by atoms with Crippen molar-refractivity contribution in [1.29, 1.82) is 0 Å². The van der Waals surface area contributed by atoms with Crippen LogP contribution in [0.1, 0.15) is 131 Å². The molecule has 0 radical (unpaired) electrons. The zero-order valence-electron chi connectivity index (χ0n) is 34.2. The molecule has 5 atom stereocenters. The second-order valence-corrected chi connectivity index (χ2v) is 28.9. The number of aliphatic hydroxyl groups is 1. The standard InChI is InChI=1S/C40H71NO6SSi2/c1-27(20-21-33(42)29(3)24-32-26-48-31(5)41-32)18-16-19-28(2)36(47-50(14,15)39(9,10)11)30(4)37(45)40(22-17-23-40)34(25-35(43)44)46-49(12,13)38(6,7)8/h20,24,26,28,30,33-34,36,42H,16-19,21-23,25H2,1-15H3,(H,43,44)/b27-20+,29-24+/t28-,30+,33-,34-,36-/m0/s1. The molecule has 0 amide bonds. The smallest absolute Gasteiger partial charge is 0.305 e. The molecule has 7 nitrogen and oxygen atoms in total. The summed E-state index contributed by atoms with van der Waals surface area (Å²) in [6.07, 6.45) is 8.03. The largest absolute Gasteiger partial charge is 0.481 e. The van der Waals surface area contributed by atoms with Crippen LogP contribution >= 0.6 is 11.3 Å². The summed E-state index contributed by atoms with van der Waals surface area (Å²) in [5, 5.41) is 23.7. The monoisotopic (exact) mass is 749 g/mol. The molecule has 0 bridgehead atoms. The number of ketones is 1. The van der Waals surface area contributed by atoms with Crippen molar-refractivity contribution in [3.05, 3.63) is 33.3 Å². The normalized spacial score (nSPS) is 19.4. The molecular formula is C40H71NO6SSi2. The molecule has 0 saturated heterocycles. The Morgan fingerprint density at radius 1 is 1.02 bits per heavy atom. The van der Waals surface area contributed by atoms with Crippen LogP contribution in [-0.2, 0) is 18.4 Å². The Morgan fingerprint density at radius 3 is 2.04 bits per heavy atom. The fourth-order valence-corrected chi connectivity index (χ4v) is 9.81. The molecule has 10 heteroatoms. The van der Waals surface area contributed by atoms with Gasteiger partial charge in [-0.15, -0.1) is 11.3 Å². The Hall–Kier alpha value is -1.44. The fourth-order valence-electron chi connectivity index (χ4n) is 6.40. The van der Waals surface area contributed by atoms with Crippen molar-refractivity contribution in [2.75, 3.05) is 0 Å². The molecular weight excluding hydrogens is 679 g/mol. The van der Waals surface area contributed by atoms with Gasteiger partial charge in [-0.2, -0.15) is 0 Å². The van der Waals surface area contributed by atoms with Crippen LogP contribution in [0, 0.1) is 24.2 Å². The third-order valence-corrected chi connectivity index (χ3v) is 21.9. The maximum Gasteiger partial charge on any atom is 0.305 e. The highest BCUT2D eigenvalue weighted by Gasteiger charge is 2.56. The number of carboxylic acids is 1. The average molecular weight is 750 g/mol. The molecule has 1 heterocycles. The van der Waals surface area contributed by atoms with Gasteiger partial charge in [0.2, 0.25) is 0 Å². The summed E-state index contributed by atoms with van der Waals surface area (Å²) in [4.78, 5) is 31.5. The summed E-state index contributed by atoms with van der Waals surface area (Å²) in [5.74, 6) is -1.06. The van der Waals surface area contributed by atoms with E-state index in [-0.39, 0.29) is 40.2 Å². The average Bonchev–Trinajstić information content (AvgIpc) is 3.35. The topological polar surface area (TPSA) is 106 Å². The van der Waals surface area contributed by atoms with E-state index in [0.717, 1.165) is 42.0 Å². The number of allylic oxidation sites excluding steroid dienone is 1. The molecule has 1 aliphatic rings. The summed E-state index contributed by atoms with van der Waals surface area (Å²) >= 11 is 1.61. The van der Waals surface area contributed by atoms with Crippen molar-refractivity contribution in [3.63, 3.8) is 0 Å². The van der Waals surface area contributed by atoms with Gasteiger partial charge < -0.3 is 19.1 Å². The highest BCUT2D eigenvalue weighted by Crippen LogP contribution is 2.52. The number of carboxylic acid groups (broad SMARTS) is 1. The number of aliphatic carboxylic acids is 1. The lowest BCUT2D eigenvalue weighted by molar-refractivity contribution is -0.155. The number of nitrogens with zero attached hydrogens (tertiary/aromatic N) is 1. The van der Waals surface area contributed by atoms with Crippen LogP contribution in [0.5, 0.6) is 0 Å². The van der Waals surface area contributed by atoms with Gasteiger partial charge >= 0.3 is 5.97 Å².